The maximum Gasteiger partial charge on any atom is 0.416 e. The zero-order valence-electron chi connectivity index (χ0n) is 8.64. The van der Waals surface area contributed by atoms with Gasteiger partial charge in [0.1, 0.15) is 6.61 Å². The van der Waals surface area contributed by atoms with E-state index in [-0.39, 0.29) is 23.1 Å². The summed E-state index contributed by atoms with van der Waals surface area (Å²) in [6.07, 6.45) is 4.54. The molecule has 86 valence electrons. The number of carbonyl (C=O) groups excluding carboxylic acids is 2. The first-order valence-corrected chi connectivity index (χ1v) is 5.92. The first kappa shape index (κ1) is 10.1. The zero-order valence-corrected chi connectivity index (χ0v) is 9.39. The van der Waals surface area contributed by atoms with E-state index in [0.717, 1.165) is 6.42 Å². The molecule has 2 fully saturated rings. The van der Waals surface area contributed by atoms with Gasteiger partial charge in [-0.2, -0.15) is 0 Å². The van der Waals surface area contributed by atoms with Crippen molar-refractivity contribution >= 4 is 23.6 Å². The van der Waals surface area contributed by atoms with Crippen molar-refractivity contribution in [3.8, 4) is 0 Å². The van der Waals surface area contributed by atoms with E-state index in [4.69, 9.17) is 16.3 Å². The van der Waals surface area contributed by atoms with Crippen molar-refractivity contribution in [1.29, 1.82) is 0 Å². The predicted octanol–water partition coefficient (Wildman–Crippen LogP) is 1.39. The molecule has 2 bridgehead atoms. The smallest absolute Gasteiger partial charge is 0.416 e. The van der Waals surface area contributed by atoms with Gasteiger partial charge in [-0.3, -0.25) is 4.79 Å². The van der Waals surface area contributed by atoms with Crippen LogP contribution in [-0.2, 0) is 9.53 Å². The molecule has 0 aromatic heterocycles. The van der Waals surface area contributed by atoms with Crippen molar-refractivity contribution in [3.63, 3.8) is 0 Å². The van der Waals surface area contributed by atoms with Gasteiger partial charge in [-0.1, -0.05) is 12.2 Å². The van der Waals surface area contributed by atoms with Gasteiger partial charge in [0.2, 0.25) is 5.91 Å². The number of allylic oxidation sites excluding steroid dienone is 2. The largest absolute Gasteiger partial charge is 0.447 e. The highest BCUT2D eigenvalue weighted by Crippen LogP contribution is 2.47. The molecule has 0 unspecified atom stereocenters. The lowest BCUT2D eigenvalue weighted by atomic mass is 9.92. The summed E-state index contributed by atoms with van der Waals surface area (Å²) >= 11 is 6.24. The van der Waals surface area contributed by atoms with Crippen LogP contribution in [0.4, 0.5) is 4.79 Å². The Morgan fingerprint density at radius 3 is 2.75 bits per heavy atom. The van der Waals surface area contributed by atoms with Crippen LogP contribution in [0.2, 0.25) is 0 Å². The fraction of sp³-hybridized carbons (Fsp3) is 0.636. The van der Waals surface area contributed by atoms with E-state index in [9.17, 15) is 9.59 Å². The fourth-order valence-electron chi connectivity index (χ4n) is 2.85. The second-order valence-electron chi connectivity index (χ2n) is 4.52. The van der Waals surface area contributed by atoms with Gasteiger partial charge in [0.15, 0.2) is 0 Å². The van der Waals surface area contributed by atoms with Gasteiger partial charge < -0.3 is 4.74 Å². The summed E-state index contributed by atoms with van der Waals surface area (Å²) in [5, 5.41) is -0.170. The third kappa shape index (κ3) is 1.29. The number of nitrogens with zero attached hydrogens (tertiary/aromatic N) is 1. The summed E-state index contributed by atoms with van der Waals surface area (Å²) in [4.78, 5) is 24.7. The molecule has 3 aliphatic rings. The van der Waals surface area contributed by atoms with Gasteiger partial charge in [0.05, 0.1) is 17.8 Å². The highest BCUT2D eigenvalue weighted by atomic mass is 35.5. The Kier molecular flexibility index (Phi) is 2.21. The first-order chi connectivity index (χ1) is 7.68. The molecule has 1 heterocycles. The molecular weight excluding hydrogens is 230 g/mol. The molecule has 16 heavy (non-hydrogen) atoms. The Balaban J connectivity index is 1.81. The predicted molar refractivity (Wildman–Crippen MR) is 56.9 cm³/mol. The first-order valence-electron chi connectivity index (χ1n) is 5.49. The van der Waals surface area contributed by atoms with Crippen LogP contribution < -0.4 is 0 Å². The number of cyclic esters (lactones) is 1. The SMILES string of the molecule is O=C1OCCN1C(=O)[C@H]1[C@H](Cl)[C@H]2C=C[C@@H]1C2. The molecule has 4 nitrogen and oxygen atoms in total. The van der Waals surface area contributed by atoms with E-state index in [1.54, 1.807) is 0 Å². The van der Waals surface area contributed by atoms with Crippen LogP contribution in [0.1, 0.15) is 6.42 Å². The van der Waals surface area contributed by atoms with Gasteiger partial charge >= 0.3 is 6.09 Å². The summed E-state index contributed by atoms with van der Waals surface area (Å²) < 4.78 is 4.77. The second kappa shape index (κ2) is 3.48. The van der Waals surface area contributed by atoms with E-state index in [0.29, 0.717) is 19.1 Å². The van der Waals surface area contributed by atoms with Crippen molar-refractivity contribution in [2.24, 2.45) is 17.8 Å². The molecule has 1 saturated heterocycles. The van der Waals surface area contributed by atoms with Crippen LogP contribution in [-0.4, -0.2) is 35.4 Å². The van der Waals surface area contributed by atoms with Gasteiger partial charge in [-0.15, -0.1) is 11.6 Å². The summed E-state index contributed by atoms with van der Waals surface area (Å²) in [6.45, 7) is 0.660. The number of carbonyl (C=O) groups is 2. The summed E-state index contributed by atoms with van der Waals surface area (Å²) in [5.74, 6) is 0.0781. The molecular formula is C11H12ClNO3. The second-order valence-corrected chi connectivity index (χ2v) is 5.03. The van der Waals surface area contributed by atoms with Gasteiger partial charge in [0, 0.05) is 0 Å². The topological polar surface area (TPSA) is 46.6 Å². The number of hydrogen-bond donors (Lipinski definition) is 0. The third-order valence-corrected chi connectivity index (χ3v) is 4.27. The Morgan fingerprint density at radius 2 is 2.19 bits per heavy atom. The molecule has 3 rings (SSSR count). The van der Waals surface area contributed by atoms with E-state index >= 15 is 0 Å². The number of imide groups is 1. The van der Waals surface area contributed by atoms with E-state index in [1.165, 1.54) is 4.90 Å². The molecule has 0 aromatic carbocycles. The maximum absolute atomic E-state index is 12.2. The van der Waals surface area contributed by atoms with E-state index < -0.39 is 6.09 Å². The number of hydrogen-bond acceptors (Lipinski definition) is 3. The molecule has 0 spiro atoms. The Bertz CT molecular complexity index is 381. The third-order valence-electron chi connectivity index (χ3n) is 3.68. The average Bonchev–Trinajstić information content (AvgIpc) is 2.92. The van der Waals surface area contributed by atoms with Crippen LogP contribution >= 0.6 is 11.6 Å². The summed E-state index contributed by atoms with van der Waals surface area (Å²) in [5.41, 5.74) is 0. The van der Waals surface area contributed by atoms with Gasteiger partial charge in [-0.05, 0) is 18.3 Å². The van der Waals surface area contributed by atoms with Crippen LogP contribution in [0.15, 0.2) is 12.2 Å². The monoisotopic (exact) mass is 241 g/mol. The minimum atomic E-state index is -0.527. The number of amides is 2. The van der Waals surface area contributed by atoms with Gasteiger partial charge in [-0.25, -0.2) is 9.69 Å². The molecule has 2 aliphatic carbocycles. The summed E-state index contributed by atoms with van der Waals surface area (Å²) in [6, 6.07) is 0. The highest BCUT2D eigenvalue weighted by molar-refractivity contribution is 6.23. The number of fused-ring (bicyclic) bond motifs is 2. The van der Waals surface area contributed by atoms with Crippen LogP contribution in [0.3, 0.4) is 0 Å². The van der Waals surface area contributed by atoms with Gasteiger partial charge in [0.25, 0.3) is 0 Å². The Hall–Kier alpha value is -1.03. The van der Waals surface area contributed by atoms with Crippen molar-refractivity contribution < 1.29 is 14.3 Å². The number of rotatable bonds is 1. The molecule has 0 aromatic rings. The molecule has 0 N–H and O–H groups in total. The normalized spacial score (nSPS) is 40.6. The van der Waals surface area contributed by atoms with Crippen LogP contribution in [0.25, 0.3) is 0 Å². The standard InChI is InChI=1S/C11H12ClNO3/c12-9-7-2-1-6(5-7)8(9)10(14)13-3-4-16-11(13)15/h1-2,6-9H,3-5H2/t6-,7+,8-,9-/m1/s1. The lowest BCUT2D eigenvalue weighted by Crippen LogP contribution is -2.41. The number of alkyl halides is 1. The molecule has 4 atom stereocenters. The molecule has 1 saturated carbocycles. The highest BCUT2D eigenvalue weighted by Gasteiger charge is 2.50. The zero-order chi connectivity index (χ0) is 11.3. The van der Waals surface area contributed by atoms with E-state index in [1.807, 2.05) is 6.08 Å². The summed E-state index contributed by atoms with van der Waals surface area (Å²) in [7, 11) is 0. The maximum atomic E-state index is 12.2. The fourth-order valence-corrected chi connectivity index (χ4v) is 3.34. The van der Waals surface area contributed by atoms with Crippen molar-refractivity contribution in [2.75, 3.05) is 13.2 Å². The van der Waals surface area contributed by atoms with Crippen molar-refractivity contribution in [3.05, 3.63) is 12.2 Å². The number of ether oxygens (including phenoxy) is 1. The molecule has 2 amide bonds. The Morgan fingerprint density at radius 1 is 1.44 bits per heavy atom. The Labute approximate surface area is 98.2 Å². The average molecular weight is 242 g/mol. The van der Waals surface area contributed by atoms with Crippen LogP contribution in [0, 0.1) is 17.8 Å². The lowest BCUT2D eigenvalue weighted by Gasteiger charge is -2.24. The van der Waals surface area contributed by atoms with E-state index in [2.05, 4.69) is 6.08 Å². The minimum Gasteiger partial charge on any atom is -0.447 e. The molecule has 1 aliphatic heterocycles. The lowest BCUT2D eigenvalue weighted by molar-refractivity contribution is -0.132. The quantitative estimate of drug-likeness (QED) is 0.515. The van der Waals surface area contributed by atoms with Crippen molar-refractivity contribution in [1.82, 2.24) is 4.90 Å². The molecule has 0 radical (unpaired) electrons. The van der Waals surface area contributed by atoms with Crippen molar-refractivity contribution in [2.45, 2.75) is 11.8 Å². The number of halogens is 1. The minimum absolute atomic E-state index is 0.167. The molecule has 5 heteroatoms. The van der Waals surface area contributed by atoms with Crippen LogP contribution in [0.5, 0.6) is 0 Å².